The number of phenolic OH excluding ortho intramolecular Hbond substituents is 1. The molecule has 30 heavy (non-hydrogen) atoms. The summed E-state index contributed by atoms with van der Waals surface area (Å²) in [5.41, 5.74) is 1.84. The van der Waals surface area contributed by atoms with E-state index in [1.165, 1.54) is 44.8 Å². The molecule has 0 saturated heterocycles. The first kappa shape index (κ1) is 22.2. The largest absolute Gasteiger partial charge is 0.504 e. The molecular formula is C23H25BrO6. The Labute approximate surface area is 183 Å². The number of hydrogen-bond acceptors (Lipinski definition) is 6. The van der Waals surface area contributed by atoms with Crippen molar-refractivity contribution in [3.8, 4) is 28.6 Å². The fraction of sp³-hybridized carbons (Fsp3) is 0.348. The Morgan fingerprint density at radius 3 is 2.50 bits per heavy atom. The van der Waals surface area contributed by atoms with Crippen molar-refractivity contribution in [2.24, 2.45) is 0 Å². The third-order valence-corrected chi connectivity index (χ3v) is 5.34. The number of aromatic hydroxyl groups is 1. The highest BCUT2D eigenvalue weighted by Gasteiger charge is 2.20. The molecule has 0 aliphatic heterocycles. The van der Waals surface area contributed by atoms with Crippen molar-refractivity contribution in [1.82, 2.24) is 0 Å². The standard InChI is InChI=1S/C23H25BrO6/c1-27-14-29-20-13-18(26)22(28-2)23-21(20)17(25)12-19(30-23)16-9-7-15(8-10-16)6-4-3-5-11-24/h7-10,12-13,26H,3-6,11,14H2,1-2H3. The SMILES string of the molecule is COCOc1cc(O)c(OC)c2oc(-c3ccc(CCCCCBr)cc3)cc(=O)c12. The number of benzene rings is 2. The van der Waals surface area contributed by atoms with Crippen LogP contribution >= 0.6 is 15.9 Å². The first-order chi connectivity index (χ1) is 14.6. The number of ether oxygens (including phenoxy) is 3. The molecular weight excluding hydrogens is 452 g/mol. The number of rotatable bonds is 10. The molecule has 0 aliphatic carbocycles. The maximum atomic E-state index is 12.9. The van der Waals surface area contributed by atoms with Crippen LogP contribution in [0.25, 0.3) is 22.3 Å². The third kappa shape index (κ3) is 4.96. The van der Waals surface area contributed by atoms with Crippen molar-refractivity contribution in [3.63, 3.8) is 0 Å². The van der Waals surface area contributed by atoms with Gasteiger partial charge in [0.1, 0.15) is 16.9 Å². The van der Waals surface area contributed by atoms with Crippen molar-refractivity contribution in [1.29, 1.82) is 0 Å². The predicted molar refractivity (Wildman–Crippen MR) is 120 cm³/mol. The monoisotopic (exact) mass is 476 g/mol. The van der Waals surface area contributed by atoms with E-state index in [-0.39, 0.29) is 40.4 Å². The number of unbranched alkanes of at least 4 members (excludes halogenated alkanes) is 2. The lowest BCUT2D eigenvalue weighted by Crippen LogP contribution is -2.07. The molecule has 160 valence electrons. The second-order valence-electron chi connectivity index (χ2n) is 6.85. The van der Waals surface area contributed by atoms with Crippen LogP contribution in [0.4, 0.5) is 0 Å². The number of phenols is 1. The van der Waals surface area contributed by atoms with Gasteiger partial charge in [0.15, 0.2) is 23.6 Å². The first-order valence-corrected chi connectivity index (χ1v) is 10.9. The van der Waals surface area contributed by atoms with Gasteiger partial charge in [0.25, 0.3) is 0 Å². The van der Waals surface area contributed by atoms with E-state index in [1.807, 2.05) is 24.3 Å². The van der Waals surface area contributed by atoms with Crippen LogP contribution in [0, 0.1) is 0 Å². The smallest absolute Gasteiger partial charge is 0.204 e. The summed E-state index contributed by atoms with van der Waals surface area (Å²) in [7, 11) is 2.87. The molecule has 0 unspecified atom stereocenters. The van der Waals surface area contributed by atoms with Crippen molar-refractivity contribution < 1.29 is 23.7 Å². The summed E-state index contributed by atoms with van der Waals surface area (Å²) in [6.07, 6.45) is 4.50. The molecule has 3 rings (SSSR count). The third-order valence-electron chi connectivity index (χ3n) is 4.77. The Bertz CT molecular complexity index is 1040. The Kier molecular flexibility index (Phi) is 7.76. The zero-order valence-corrected chi connectivity index (χ0v) is 18.7. The summed E-state index contributed by atoms with van der Waals surface area (Å²) in [6, 6.07) is 10.7. The molecule has 0 atom stereocenters. The number of halogens is 1. The second-order valence-corrected chi connectivity index (χ2v) is 7.65. The fourth-order valence-corrected chi connectivity index (χ4v) is 3.67. The van der Waals surface area contributed by atoms with Crippen LogP contribution in [0.15, 0.2) is 45.6 Å². The predicted octanol–water partition coefficient (Wildman–Crippen LogP) is 5.26. The van der Waals surface area contributed by atoms with Gasteiger partial charge in [-0.2, -0.15) is 0 Å². The summed E-state index contributed by atoms with van der Waals surface area (Å²) >= 11 is 3.45. The summed E-state index contributed by atoms with van der Waals surface area (Å²) in [5.74, 6) is 0.455. The quantitative estimate of drug-likeness (QED) is 0.244. The van der Waals surface area contributed by atoms with Gasteiger partial charge >= 0.3 is 0 Å². The lowest BCUT2D eigenvalue weighted by Gasteiger charge is -2.13. The zero-order valence-electron chi connectivity index (χ0n) is 17.1. The molecule has 0 amide bonds. The average molecular weight is 477 g/mol. The van der Waals surface area contributed by atoms with E-state index in [0.29, 0.717) is 5.76 Å². The highest BCUT2D eigenvalue weighted by molar-refractivity contribution is 9.09. The Morgan fingerprint density at radius 2 is 1.83 bits per heavy atom. The normalized spacial score (nSPS) is 11.0. The van der Waals surface area contributed by atoms with E-state index >= 15 is 0 Å². The van der Waals surface area contributed by atoms with Gasteiger partial charge in [0, 0.05) is 30.1 Å². The van der Waals surface area contributed by atoms with E-state index < -0.39 is 0 Å². The van der Waals surface area contributed by atoms with Crippen LogP contribution in [-0.4, -0.2) is 31.4 Å². The highest BCUT2D eigenvalue weighted by Crippen LogP contribution is 2.40. The average Bonchev–Trinajstić information content (AvgIpc) is 2.75. The van der Waals surface area contributed by atoms with Crippen LogP contribution in [0.5, 0.6) is 17.2 Å². The van der Waals surface area contributed by atoms with E-state index in [1.54, 1.807) is 0 Å². The minimum Gasteiger partial charge on any atom is -0.504 e. The van der Waals surface area contributed by atoms with Crippen molar-refractivity contribution >= 4 is 26.9 Å². The molecule has 7 heteroatoms. The molecule has 0 aliphatic rings. The van der Waals surface area contributed by atoms with Crippen LogP contribution in [0.1, 0.15) is 24.8 Å². The number of alkyl halides is 1. The number of aryl methyl sites for hydroxylation is 1. The van der Waals surface area contributed by atoms with E-state index in [9.17, 15) is 9.90 Å². The van der Waals surface area contributed by atoms with E-state index in [0.717, 1.165) is 23.7 Å². The van der Waals surface area contributed by atoms with Crippen LogP contribution in [0.2, 0.25) is 0 Å². The van der Waals surface area contributed by atoms with E-state index in [4.69, 9.17) is 18.6 Å². The van der Waals surface area contributed by atoms with Gasteiger partial charge in [-0.3, -0.25) is 4.79 Å². The Balaban J connectivity index is 1.98. The topological polar surface area (TPSA) is 78.1 Å². The van der Waals surface area contributed by atoms with Crippen molar-refractivity contribution in [2.75, 3.05) is 26.3 Å². The van der Waals surface area contributed by atoms with Crippen LogP contribution < -0.4 is 14.9 Å². The van der Waals surface area contributed by atoms with E-state index in [2.05, 4.69) is 15.9 Å². The maximum absolute atomic E-state index is 12.9. The minimum absolute atomic E-state index is 0.0703. The molecule has 0 bridgehead atoms. The lowest BCUT2D eigenvalue weighted by atomic mass is 10.0. The number of methoxy groups -OCH3 is 2. The van der Waals surface area contributed by atoms with Gasteiger partial charge in [0.2, 0.25) is 5.75 Å². The van der Waals surface area contributed by atoms with Crippen molar-refractivity contribution in [2.45, 2.75) is 25.7 Å². The van der Waals surface area contributed by atoms with Crippen LogP contribution in [-0.2, 0) is 11.2 Å². The number of hydrogen-bond donors (Lipinski definition) is 1. The van der Waals surface area contributed by atoms with Gasteiger partial charge < -0.3 is 23.7 Å². The molecule has 3 aromatic rings. The minimum atomic E-state index is -0.297. The Hall–Kier alpha value is -2.51. The van der Waals surface area contributed by atoms with Gasteiger partial charge in [-0.1, -0.05) is 46.6 Å². The second kappa shape index (κ2) is 10.5. The molecule has 2 aromatic carbocycles. The first-order valence-electron chi connectivity index (χ1n) is 9.73. The summed E-state index contributed by atoms with van der Waals surface area (Å²) < 4.78 is 21.6. The maximum Gasteiger partial charge on any atom is 0.204 e. The molecule has 0 fully saturated rings. The van der Waals surface area contributed by atoms with Gasteiger partial charge in [0.05, 0.1) is 7.11 Å². The highest BCUT2D eigenvalue weighted by atomic mass is 79.9. The van der Waals surface area contributed by atoms with Gasteiger partial charge in [-0.25, -0.2) is 0 Å². The van der Waals surface area contributed by atoms with Crippen molar-refractivity contribution in [3.05, 3.63) is 52.2 Å². The molecule has 0 saturated carbocycles. The van der Waals surface area contributed by atoms with Gasteiger partial charge in [-0.15, -0.1) is 0 Å². The summed E-state index contributed by atoms with van der Waals surface area (Å²) in [5, 5.41) is 11.5. The molecule has 1 N–H and O–H groups in total. The molecule has 0 spiro atoms. The van der Waals surface area contributed by atoms with Crippen LogP contribution in [0.3, 0.4) is 0 Å². The zero-order chi connectivity index (χ0) is 21.5. The molecule has 6 nitrogen and oxygen atoms in total. The number of fused-ring (bicyclic) bond motifs is 1. The Morgan fingerprint density at radius 1 is 1.07 bits per heavy atom. The summed E-state index contributed by atoms with van der Waals surface area (Å²) in [6.45, 7) is -0.0703. The summed E-state index contributed by atoms with van der Waals surface area (Å²) in [4.78, 5) is 12.9. The molecule has 1 aromatic heterocycles. The molecule has 1 heterocycles. The van der Waals surface area contributed by atoms with Gasteiger partial charge in [-0.05, 0) is 24.8 Å². The molecule has 0 radical (unpaired) electrons. The fourth-order valence-electron chi connectivity index (χ4n) is 3.28. The lowest BCUT2D eigenvalue weighted by molar-refractivity contribution is 0.0520.